The Kier molecular flexibility index (Phi) is 11.4. The summed E-state index contributed by atoms with van der Waals surface area (Å²) >= 11 is 0. The van der Waals surface area contributed by atoms with E-state index in [1.807, 2.05) is 20.8 Å². The summed E-state index contributed by atoms with van der Waals surface area (Å²) in [5.74, 6) is -2.13. The quantitative estimate of drug-likeness (QED) is 0.268. The first-order valence-corrected chi connectivity index (χ1v) is 22.2. The number of hydrogen-bond acceptors (Lipinski definition) is 10. The van der Waals surface area contributed by atoms with Crippen LogP contribution in [-0.4, -0.2) is 78.6 Å². The summed E-state index contributed by atoms with van der Waals surface area (Å²) < 4.78 is 47.7. The number of nitrogens with zero attached hydrogens (tertiary/aromatic N) is 2. The number of Topliss-reactive ketones (excluding diaryl/α,β-unsaturated/α-hetero) is 1. The Morgan fingerprint density at radius 1 is 1.02 bits per heavy atom. The third-order valence-corrected chi connectivity index (χ3v) is 14.9. The van der Waals surface area contributed by atoms with Crippen LogP contribution < -0.4 is 19.8 Å². The molecule has 4 fully saturated rings. The lowest BCUT2D eigenvalue weighted by Gasteiger charge is -2.35. The number of allylic oxidation sites excluding steroid dienone is 1. The van der Waals surface area contributed by atoms with Gasteiger partial charge in [-0.05, 0) is 92.2 Å². The minimum absolute atomic E-state index is 0.00789. The van der Waals surface area contributed by atoms with Gasteiger partial charge in [-0.15, -0.1) is 6.58 Å². The van der Waals surface area contributed by atoms with Crippen LogP contribution in [0.3, 0.4) is 0 Å². The van der Waals surface area contributed by atoms with Crippen molar-refractivity contribution in [3.8, 4) is 11.6 Å². The molecular formula is C43H57N3O10S. The number of sulfonamides is 1. The maximum atomic E-state index is 14.8. The summed E-state index contributed by atoms with van der Waals surface area (Å²) in [5, 5.41) is 0.519. The number of methoxy groups -OCH3 is 1. The van der Waals surface area contributed by atoms with Gasteiger partial charge in [0, 0.05) is 30.8 Å². The Balaban J connectivity index is 1.25. The minimum atomic E-state index is -3.87. The van der Waals surface area contributed by atoms with Gasteiger partial charge < -0.3 is 19.1 Å². The number of esters is 1. The highest BCUT2D eigenvalue weighted by molar-refractivity contribution is 7.90. The SMILES string of the molecule is C=C[C@H]1C[C@]1(CC(=O)[C@@H]1C[C@@H]2CN1C(=O)[C@H](C(C)(C)C)CC(=O)O[C@@H]1CCCC1CCCCCn1c(cc3cc(OC)ccc3c1=O)O2)C(=O)NS(=O)(=O)C1CC1. The van der Waals surface area contributed by atoms with Crippen molar-refractivity contribution in [2.75, 3.05) is 13.7 Å². The summed E-state index contributed by atoms with van der Waals surface area (Å²) in [6.45, 7) is 9.88. The predicted molar refractivity (Wildman–Crippen MR) is 213 cm³/mol. The maximum Gasteiger partial charge on any atom is 0.306 e. The average molecular weight is 808 g/mol. The van der Waals surface area contributed by atoms with Crippen molar-refractivity contribution < 1.29 is 41.8 Å². The van der Waals surface area contributed by atoms with Crippen molar-refractivity contribution in [1.29, 1.82) is 0 Å². The van der Waals surface area contributed by atoms with Crippen molar-refractivity contribution in [2.45, 2.75) is 134 Å². The van der Waals surface area contributed by atoms with Crippen LogP contribution in [0.1, 0.15) is 104 Å². The summed E-state index contributed by atoms with van der Waals surface area (Å²) in [6, 6.07) is 6.02. The third kappa shape index (κ3) is 8.52. The molecular weight excluding hydrogens is 751 g/mol. The summed E-state index contributed by atoms with van der Waals surface area (Å²) in [5.41, 5.74) is -2.23. The van der Waals surface area contributed by atoms with E-state index in [4.69, 9.17) is 14.2 Å². The zero-order valence-electron chi connectivity index (χ0n) is 33.6. The summed E-state index contributed by atoms with van der Waals surface area (Å²) in [7, 11) is -2.32. The number of hydrogen-bond donors (Lipinski definition) is 1. The van der Waals surface area contributed by atoms with E-state index in [9.17, 15) is 32.4 Å². The maximum absolute atomic E-state index is 14.8. The molecule has 1 N–H and O–H groups in total. The Hall–Kier alpha value is -4.20. The van der Waals surface area contributed by atoms with E-state index in [-0.39, 0.29) is 49.8 Å². The standard InChI is InChI=1S/C43H57N3O10S/c1-6-28-23-43(28,41(51)44-57(52,53)31-15-16-31)24-35(47)34-21-30-25-46(34)40(50)33(42(2,3)4)22-38(48)56-36-13-10-12-26(36)11-8-7-9-18-45-37(55-30)20-27-19-29(54-5)14-17-32(27)39(45)49/h6,14,17,19-20,26,28,30-31,33-34,36H,1,7-13,15-16,18,21-25H2,2-5H3,(H,44,51)/t26?,28-,30+,33+,34-,36+,43+/m0/s1. The van der Waals surface area contributed by atoms with E-state index in [0.29, 0.717) is 48.2 Å². The van der Waals surface area contributed by atoms with Crippen molar-refractivity contribution in [3.63, 3.8) is 0 Å². The lowest BCUT2D eigenvalue weighted by molar-refractivity contribution is -0.158. The molecule has 0 radical (unpaired) electrons. The zero-order chi connectivity index (χ0) is 40.9. The van der Waals surface area contributed by atoms with Gasteiger partial charge in [-0.1, -0.05) is 39.7 Å². The molecule has 1 saturated heterocycles. The average Bonchev–Trinajstić information content (AvgIpc) is 4.05. The molecule has 57 heavy (non-hydrogen) atoms. The number of carbonyl (C=O) groups is 4. The van der Waals surface area contributed by atoms with Gasteiger partial charge in [-0.3, -0.25) is 33.3 Å². The zero-order valence-corrected chi connectivity index (χ0v) is 34.4. The van der Waals surface area contributed by atoms with Gasteiger partial charge in [0.1, 0.15) is 18.0 Å². The first-order valence-electron chi connectivity index (χ1n) is 20.6. The number of ether oxygens (including phenoxy) is 3. The molecule has 5 aliphatic rings. The molecule has 0 spiro atoms. The molecule has 3 saturated carbocycles. The van der Waals surface area contributed by atoms with Crippen LogP contribution in [0.25, 0.3) is 10.8 Å². The number of pyridine rings is 1. The second kappa shape index (κ2) is 15.9. The minimum Gasteiger partial charge on any atom is -0.497 e. The Bertz CT molecular complexity index is 2100. The van der Waals surface area contributed by atoms with Gasteiger partial charge in [0.05, 0.1) is 42.7 Å². The molecule has 7 rings (SSSR count). The van der Waals surface area contributed by atoms with Crippen LogP contribution in [0.15, 0.2) is 41.7 Å². The van der Waals surface area contributed by atoms with Crippen molar-refractivity contribution in [1.82, 2.24) is 14.2 Å². The van der Waals surface area contributed by atoms with E-state index in [1.54, 1.807) is 42.0 Å². The number of fused-ring (bicyclic) bond motifs is 5. The second-order valence-electron chi connectivity index (χ2n) is 18.1. The fourth-order valence-corrected chi connectivity index (χ4v) is 10.7. The van der Waals surface area contributed by atoms with Crippen molar-refractivity contribution in [2.24, 2.45) is 28.6 Å². The van der Waals surface area contributed by atoms with Gasteiger partial charge in [0.15, 0.2) is 11.7 Å². The molecule has 2 aliphatic heterocycles. The van der Waals surface area contributed by atoms with Gasteiger partial charge in [0.25, 0.3) is 5.56 Å². The van der Waals surface area contributed by atoms with E-state index in [0.717, 1.165) is 38.5 Å². The molecule has 1 aromatic carbocycles. The number of nitrogens with one attached hydrogen (secondary N) is 1. The Labute approximate surface area is 334 Å². The number of aromatic nitrogens is 1. The summed E-state index contributed by atoms with van der Waals surface area (Å²) in [4.78, 5) is 72.3. The lowest BCUT2D eigenvalue weighted by Crippen LogP contribution is -2.48. The first kappa shape index (κ1) is 41.0. The number of rotatable bonds is 8. The number of amides is 2. The molecule has 2 amide bonds. The van der Waals surface area contributed by atoms with Crippen LogP contribution >= 0.6 is 0 Å². The second-order valence-corrected chi connectivity index (χ2v) is 20.0. The van der Waals surface area contributed by atoms with Crippen LogP contribution in [0, 0.1) is 28.6 Å². The fraction of sp³-hybridized carbons (Fsp3) is 0.651. The van der Waals surface area contributed by atoms with Crippen LogP contribution in [0.5, 0.6) is 11.6 Å². The van der Waals surface area contributed by atoms with Crippen molar-refractivity contribution >= 4 is 44.4 Å². The summed E-state index contributed by atoms with van der Waals surface area (Å²) in [6.07, 6.45) is 7.50. The molecule has 3 heterocycles. The first-order chi connectivity index (χ1) is 27.0. The molecule has 310 valence electrons. The topological polar surface area (TPSA) is 167 Å². The smallest absolute Gasteiger partial charge is 0.306 e. The third-order valence-electron chi connectivity index (χ3n) is 13.1. The van der Waals surface area contributed by atoms with Gasteiger partial charge in [0.2, 0.25) is 21.8 Å². The van der Waals surface area contributed by atoms with Crippen LogP contribution in [0.2, 0.25) is 0 Å². The normalized spacial score (nSPS) is 29.9. The molecule has 3 aliphatic carbocycles. The van der Waals surface area contributed by atoms with Crippen LogP contribution in [0.4, 0.5) is 0 Å². The lowest BCUT2D eigenvalue weighted by atomic mass is 9.77. The number of carbonyl (C=O) groups excluding carboxylic acids is 4. The molecule has 1 aromatic heterocycles. The van der Waals surface area contributed by atoms with Gasteiger partial charge >= 0.3 is 5.97 Å². The molecule has 2 bridgehead atoms. The molecule has 2 aromatic rings. The number of ketones is 1. The largest absolute Gasteiger partial charge is 0.497 e. The number of benzene rings is 1. The van der Waals surface area contributed by atoms with E-state index in [2.05, 4.69) is 11.3 Å². The molecule has 13 nitrogen and oxygen atoms in total. The van der Waals surface area contributed by atoms with Crippen LogP contribution in [-0.2, 0) is 40.5 Å². The van der Waals surface area contributed by atoms with E-state index < -0.39 is 73.7 Å². The van der Waals surface area contributed by atoms with Gasteiger partial charge in [-0.2, -0.15) is 0 Å². The van der Waals surface area contributed by atoms with E-state index >= 15 is 0 Å². The Morgan fingerprint density at radius 2 is 1.77 bits per heavy atom. The predicted octanol–water partition coefficient (Wildman–Crippen LogP) is 5.46. The molecule has 7 atom stereocenters. The highest BCUT2D eigenvalue weighted by Crippen LogP contribution is 2.57. The van der Waals surface area contributed by atoms with Gasteiger partial charge in [-0.25, -0.2) is 8.42 Å². The highest BCUT2D eigenvalue weighted by Gasteiger charge is 2.61. The molecule has 14 heteroatoms. The monoisotopic (exact) mass is 807 g/mol. The van der Waals surface area contributed by atoms with Crippen molar-refractivity contribution in [3.05, 3.63) is 47.3 Å². The fourth-order valence-electron chi connectivity index (χ4n) is 9.35. The Morgan fingerprint density at radius 3 is 2.46 bits per heavy atom. The van der Waals surface area contributed by atoms with E-state index in [1.165, 1.54) is 4.90 Å². The molecule has 1 unspecified atom stereocenters. The highest BCUT2D eigenvalue weighted by atomic mass is 32.2.